The normalized spacial score (nSPS) is 18.4. The minimum atomic E-state index is -3.09. The minimum absolute atomic E-state index is 0.0293. The van der Waals surface area contributed by atoms with Gasteiger partial charge in [-0.2, -0.15) is 10.2 Å². The van der Waals surface area contributed by atoms with Gasteiger partial charge in [-0.15, -0.1) is 0 Å². The molecule has 2 heterocycles. The van der Waals surface area contributed by atoms with Gasteiger partial charge in [0.15, 0.2) is 0 Å². The van der Waals surface area contributed by atoms with E-state index in [0.29, 0.717) is 23.0 Å². The molecule has 1 aliphatic heterocycles. The van der Waals surface area contributed by atoms with E-state index >= 15 is 0 Å². The molecule has 33 heavy (non-hydrogen) atoms. The number of nitrogens with one attached hydrogen (secondary N) is 2. The molecule has 2 atom stereocenters. The Bertz CT molecular complexity index is 1090. The molecular formula is C21H22F2N6O4. The van der Waals surface area contributed by atoms with E-state index in [1.165, 1.54) is 12.3 Å². The molecule has 2 aromatic rings. The lowest BCUT2D eigenvalue weighted by molar-refractivity contribution is -0.116. The molecule has 1 saturated heterocycles. The number of para-hydroxylation sites is 1. The maximum atomic E-state index is 13.6. The average molecular weight is 460 g/mol. The van der Waals surface area contributed by atoms with Crippen LogP contribution in [-0.2, 0) is 4.79 Å². The Labute approximate surface area is 187 Å². The number of carbonyl (C=O) groups excluding carboxylic acids is 2. The molecule has 3 rings (SSSR count). The monoisotopic (exact) mass is 460 g/mol. The highest BCUT2D eigenvalue weighted by atomic mass is 19.3. The average Bonchev–Trinajstić information content (AvgIpc) is 3.12. The quantitative estimate of drug-likeness (QED) is 0.383. The number of rotatable bonds is 9. The third kappa shape index (κ3) is 5.82. The van der Waals surface area contributed by atoms with E-state index in [9.17, 15) is 28.4 Å². The first-order valence-corrected chi connectivity index (χ1v) is 10.2. The predicted octanol–water partition coefficient (Wildman–Crippen LogP) is 2.00. The van der Waals surface area contributed by atoms with Crippen LogP contribution in [0.25, 0.3) is 10.9 Å². The smallest absolute Gasteiger partial charge is 0.263 e. The second-order valence-corrected chi connectivity index (χ2v) is 7.63. The van der Waals surface area contributed by atoms with E-state index in [2.05, 4.69) is 20.8 Å². The summed E-state index contributed by atoms with van der Waals surface area (Å²) in [6.07, 6.45) is -0.357. The highest BCUT2D eigenvalue weighted by Gasteiger charge is 2.47. The van der Waals surface area contributed by atoms with Gasteiger partial charge in [-0.25, -0.2) is 8.78 Å². The molecule has 0 radical (unpaired) electrons. The van der Waals surface area contributed by atoms with Gasteiger partial charge in [0.25, 0.3) is 11.8 Å². The van der Waals surface area contributed by atoms with Crippen LogP contribution in [0.4, 0.5) is 14.5 Å². The summed E-state index contributed by atoms with van der Waals surface area (Å²) in [6, 6.07) is 6.92. The Morgan fingerprint density at radius 3 is 2.91 bits per heavy atom. The van der Waals surface area contributed by atoms with Gasteiger partial charge in [0.05, 0.1) is 42.5 Å². The minimum Gasteiger partial charge on any atom is -0.376 e. The number of nitroso groups, excluding NO2 is 1. The molecule has 0 aliphatic carbocycles. The van der Waals surface area contributed by atoms with Gasteiger partial charge in [0.2, 0.25) is 5.91 Å². The highest BCUT2D eigenvalue weighted by Crippen LogP contribution is 2.32. The number of anilines is 1. The number of aliphatic hydroxyl groups is 1. The molecule has 1 aliphatic rings. The summed E-state index contributed by atoms with van der Waals surface area (Å²) in [5.41, 5.74) is 0.940. The predicted molar refractivity (Wildman–Crippen MR) is 114 cm³/mol. The number of fused-ring (bicyclic) bond motifs is 1. The molecule has 1 aromatic carbocycles. The molecule has 3 N–H and O–H groups in total. The Kier molecular flexibility index (Phi) is 7.57. The summed E-state index contributed by atoms with van der Waals surface area (Å²) in [5, 5.41) is 27.6. The van der Waals surface area contributed by atoms with Crippen molar-refractivity contribution in [3.05, 3.63) is 40.9 Å². The van der Waals surface area contributed by atoms with Gasteiger partial charge in [-0.05, 0) is 18.6 Å². The lowest BCUT2D eigenvalue weighted by atomic mass is 10.1. The number of nitriles is 1. The van der Waals surface area contributed by atoms with Crippen LogP contribution in [0, 0.1) is 16.2 Å². The van der Waals surface area contributed by atoms with Gasteiger partial charge < -0.3 is 15.7 Å². The van der Waals surface area contributed by atoms with Crippen molar-refractivity contribution in [1.29, 1.82) is 5.26 Å². The first-order chi connectivity index (χ1) is 15.8. The molecule has 2 amide bonds. The topological polar surface area (TPSA) is 148 Å². The first-order valence-electron chi connectivity index (χ1n) is 10.2. The summed E-state index contributed by atoms with van der Waals surface area (Å²) >= 11 is 0. The number of halogens is 2. The van der Waals surface area contributed by atoms with Crippen molar-refractivity contribution in [2.45, 2.75) is 37.5 Å². The zero-order chi connectivity index (χ0) is 24.0. The number of hydrogen-bond donors (Lipinski definition) is 3. The maximum absolute atomic E-state index is 13.6. The van der Waals surface area contributed by atoms with E-state index < -0.39 is 37.1 Å². The molecule has 0 saturated carbocycles. The Hall–Kier alpha value is -3.56. The van der Waals surface area contributed by atoms with Crippen molar-refractivity contribution in [3.63, 3.8) is 0 Å². The number of amides is 2. The fraction of sp³-hybridized carbons (Fsp3) is 0.429. The van der Waals surface area contributed by atoms with Gasteiger partial charge in [0, 0.05) is 24.4 Å². The summed E-state index contributed by atoms with van der Waals surface area (Å²) in [7, 11) is 0. The Morgan fingerprint density at radius 2 is 2.18 bits per heavy atom. The second kappa shape index (κ2) is 10.4. The zero-order valence-electron chi connectivity index (χ0n) is 17.5. The summed E-state index contributed by atoms with van der Waals surface area (Å²) < 4.78 is 27.2. The number of aromatic nitrogens is 1. The number of aliphatic hydroxyl groups excluding tert-OH is 1. The SMILES string of the molecule is N#C[C@@H]1CC(F)(F)CN1C(O)CNC(=O)c1ccnc2c(NC(=O)CCCN=O)cccc12. The highest BCUT2D eigenvalue weighted by molar-refractivity contribution is 6.10. The lowest BCUT2D eigenvalue weighted by Crippen LogP contribution is -2.46. The second-order valence-electron chi connectivity index (χ2n) is 7.63. The molecule has 10 nitrogen and oxygen atoms in total. The number of nitrogens with zero attached hydrogens (tertiary/aromatic N) is 4. The number of pyridine rings is 1. The molecule has 0 spiro atoms. The number of alkyl halides is 2. The Balaban J connectivity index is 1.71. The fourth-order valence-electron chi connectivity index (χ4n) is 3.66. The number of hydrogen-bond acceptors (Lipinski definition) is 8. The first kappa shape index (κ1) is 24.1. The summed E-state index contributed by atoms with van der Waals surface area (Å²) in [5.74, 6) is -4.00. The van der Waals surface area contributed by atoms with Gasteiger partial charge in [-0.3, -0.25) is 19.5 Å². The number of carbonyl (C=O) groups is 2. The Morgan fingerprint density at radius 1 is 1.39 bits per heavy atom. The maximum Gasteiger partial charge on any atom is 0.263 e. The van der Waals surface area contributed by atoms with E-state index in [4.69, 9.17) is 5.26 Å². The van der Waals surface area contributed by atoms with Crippen LogP contribution >= 0.6 is 0 Å². The molecule has 1 unspecified atom stereocenters. The van der Waals surface area contributed by atoms with Crippen LogP contribution in [0.3, 0.4) is 0 Å². The molecule has 174 valence electrons. The van der Waals surface area contributed by atoms with Crippen molar-refractivity contribution < 1.29 is 23.5 Å². The number of benzene rings is 1. The van der Waals surface area contributed by atoms with Crippen LogP contribution in [-0.4, -0.2) is 64.6 Å². The van der Waals surface area contributed by atoms with E-state index in [1.54, 1.807) is 24.3 Å². The van der Waals surface area contributed by atoms with Crippen molar-refractivity contribution in [2.24, 2.45) is 5.18 Å². The zero-order valence-corrected chi connectivity index (χ0v) is 17.5. The van der Waals surface area contributed by atoms with Gasteiger partial charge >= 0.3 is 0 Å². The van der Waals surface area contributed by atoms with Crippen molar-refractivity contribution in [1.82, 2.24) is 15.2 Å². The van der Waals surface area contributed by atoms with Crippen molar-refractivity contribution in [2.75, 3.05) is 25.0 Å². The number of likely N-dealkylation sites (tertiary alicyclic amines) is 1. The van der Waals surface area contributed by atoms with Gasteiger partial charge in [0.1, 0.15) is 12.3 Å². The molecular weight excluding hydrogens is 438 g/mol. The van der Waals surface area contributed by atoms with E-state index in [1.807, 2.05) is 0 Å². The molecule has 1 aromatic heterocycles. The van der Waals surface area contributed by atoms with Crippen molar-refractivity contribution >= 4 is 28.4 Å². The largest absolute Gasteiger partial charge is 0.376 e. The van der Waals surface area contributed by atoms with Crippen LogP contribution < -0.4 is 10.6 Å². The molecule has 12 heteroatoms. The lowest BCUT2D eigenvalue weighted by Gasteiger charge is -2.25. The van der Waals surface area contributed by atoms with Crippen LogP contribution in [0.15, 0.2) is 35.6 Å². The third-order valence-electron chi connectivity index (χ3n) is 5.23. The van der Waals surface area contributed by atoms with Crippen LogP contribution in [0.5, 0.6) is 0 Å². The third-order valence-corrected chi connectivity index (χ3v) is 5.23. The summed E-state index contributed by atoms with van der Waals surface area (Å²) in [6.45, 7) is -1.11. The van der Waals surface area contributed by atoms with Gasteiger partial charge in [-0.1, -0.05) is 17.3 Å². The van der Waals surface area contributed by atoms with Crippen molar-refractivity contribution in [3.8, 4) is 6.07 Å². The molecule has 0 bridgehead atoms. The van der Waals surface area contributed by atoms with Crippen LogP contribution in [0.1, 0.15) is 29.6 Å². The molecule has 1 fully saturated rings. The van der Waals surface area contributed by atoms with E-state index in [0.717, 1.165) is 4.90 Å². The van der Waals surface area contributed by atoms with Crippen LogP contribution in [0.2, 0.25) is 0 Å². The summed E-state index contributed by atoms with van der Waals surface area (Å²) in [4.78, 5) is 40.2. The fourth-order valence-corrected chi connectivity index (χ4v) is 3.66. The van der Waals surface area contributed by atoms with E-state index in [-0.39, 0.29) is 31.0 Å². The standard InChI is InChI=1S/C21H22F2N6O4/c22-21(23)9-13(10-24)29(12-21)18(31)11-26-20(32)15-6-8-25-19-14(15)3-1-4-16(19)28-17(30)5-2-7-27-33/h1,3-4,6,8,13,18,31H,2,5,7,9,11-12H2,(H,26,32)(H,28,30)/t13-,18?/m0/s1.